The molecule has 2 aromatic carbocycles. The van der Waals surface area contributed by atoms with Crippen LogP contribution < -0.4 is 5.32 Å². The molecule has 0 spiro atoms. The van der Waals surface area contributed by atoms with E-state index in [1.165, 1.54) is 0 Å². The van der Waals surface area contributed by atoms with Crippen LogP contribution in [0.4, 0.5) is 0 Å². The van der Waals surface area contributed by atoms with Gasteiger partial charge in [-0.2, -0.15) is 0 Å². The predicted molar refractivity (Wildman–Crippen MR) is 102 cm³/mol. The molecule has 0 unspecified atom stereocenters. The van der Waals surface area contributed by atoms with Crippen LogP contribution in [0.1, 0.15) is 39.1 Å². The van der Waals surface area contributed by atoms with Gasteiger partial charge in [0.2, 0.25) is 0 Å². The summed E-state index contributed by atoms with van der Waals surface area (Å²) < 4.78 is 0.821. The standard InChI is InChI=1S/C19H18BrClN2O2/c20-15-6-7-16(17(21)11-15)18(24)22-12-13-4-3-5-14(10-13)19(25)23-8-1-2-9-23/h3-7,10-11H,1-2,8-9,12H2,(H,22,24). The van der Waals surface area contributed by atoms with E-state index < -0.39 is 0 Å². The summed E-state index contributed by atoms with van der Waals surface area (Å²) in [6, 6.07) is 12.5. The maximum Gasteiger partial charge on any atom is 0.253 e. The number of hydrogen-bond donors (Lipinski definition) is 1. The Kier molecular flexibility index (Phi) is 5.76. The minimum atomic E-state index is -0.242. The molecule has 1 saturated heterocycles. The Morgan fingerprint density at radius 3 is 2.60 bits per heavy atom. The van der Waals surface area contributed by atoms with Crippen molar-refractivity contribution in [3.05, 3.63) is 68.7 Å². The van der Waals surface area contributed by atoms with E-state index in [1.54, 1.807) is 18.2 Å². The summed E-state index contributed by atoms with van der Waals surface area (Å²) in [4.78, 5) is 26.6. The zero-order valence-corrected chi connectivity index (χ0v) is 15.9. The first-order valence-corrected chi connectivity index (χ1v) is 9.33. The van der Waals surface area contributed by atoms with Crippen LogP contribution in [0.15, 0.2) is 46.9 Å². The van der Waals surface area contributed by atoms with E-state index in [0.717, 1.165) is 36.0 Å². The van der Waals surface area contributed by atoms with Crippen LogP contribution in [0.5, 0.6) is 0 Å². The van der Waals surface area contributed by atoms with Crippen LogP contribution in [-0.2, 0) is 6.54 Å². The molecule has 0 aromatic heterocycles. The molecule has 6 heteroatoms. The average Bonchev–Trinajstić information content (AvgIpc) is 3.14. The van der Waals surface area contributed by atoms with Gasteiger partial charge < -0.3 is 10.2 Å². The molecule has 2 amide bonds. The largest absolute Gasteiger partial charge is 0.348 e. The number of carbonyl (C=O) groups is 2. The first kappa shape index (κ1) is 18.0. The van der Waals surface area contributed by atoms with Crippen molar-refractivity contribution in [2.24, 2.45) is 0 Å². The molecule has 0 bridgehead atoms. The number of benzene rings is 2. The van der Waals surface area contributed by atoms with Crippen LogP contribution in [0.2, 0.25) is 5.02 Å². The van der Waals surface area contributed by atoms with E-state index in [2.05, 4.69) is 21.2 Å². The monoisotopic (exact) mass is 420 g/mol. The quantitative estimate of drug-likeness (QED) is 0.801. The molecule has 25 heavy (non-hydrogen) atoms. The smallest absolute Gasteiger partial charge is 0.253 e. The van der Waals surface area contributed by atoms with E-state index in [1.807, 2.05) is 29.2 Å². The molecule has 0 aliphatic carbocycles. The van der Waals surface area contributed by atoms with Gasteiger partial charge >= 0.3 is 0 Å². The van der Waals surface area contributed by atoms with E-state index in [-0.39, 0.29) is 11.8 Å². The molecule has 0 saturated carbocycles. The van der Waals surface area contributed by atoms with Crippen molar-refractivity contribution in [2.45, 2.75) is 19.4 Å². The summed E-state index contributed by atoms with van der Waals surface area (Å²) in [7, 11) is 0. The second-order valence-corrected chi connectivity index (χ2v) is 7.33. The zero-order valence-electron chi connectivity index (χ0n) is 13.6. The average molecular weight is 422 g/mol. The molecular formula is C19H18BrClN2O2. The van der Waals surface area contributed by atoms with Gasteiger partial charge in [0.05, 0.1) is 10.6 Å². The van der Waals surface area contributed by atoms with Crippen molar-refractivity contribution in [2.75, 3.05) is 13.1 Å². The second kappa shape index (κ2) is 8.02. The number of halogens is 2. The predicted octanol–water partition coefficient (Wildman–Crippen LogP) is 4.27. The van der Waals surface area contributed by atoms with Gasteiger partial charge in [-0.05, 0) is 48.7 Å². The maximum absolute atomic E-state index is 12.5. The lowest BCUT2D eigenvalue weighted by molar-refractivity contribution is 0.0792. The van der Waals surface area contributed by atoms with E-state index in [0.29, 0.717) is 22.7 Å². The summed E-state index contributed by atoms with van der Waals surface area (Å²) in [5, 5.41) is 3.24. The number of nitrogens with one attached hydrogen (secondary N) is 1. The molecule has 1 N–H and O–H groups in total. The molecule has 130 valence electrons. The van der Waals surface area contributed by atoms with Gasteiger partial charge in [-0.15, -0.1) is 0 Å². The number of nitrogens with zero attached hydrogens (tertiary/aromatic N) is 1. The van der Waals surface area contributed by atoms with Gasteiger partial charge in [-0.1, -0.05) is 39.7 Å². The van der Waals surface area contributed by atoms with Crippen molar-refractivity contribution < 1.29 is 9.59 Å². The van der Waals surface area contributed by atoms with Crippen molar-refractivity contribution in [1.82, 2.24) is 10.2 Å². The summed E-state index contributed by atoms with van der Waals surface area (Å²) in [6.45, 7) is 1.98. The molecule has 3 rings (SSSR count). The Labute approximate surface area is 160 Å². The highest BCUT2D eigenvalue weighted by atomic mass is 79.9. The lowest BCUT2D eigenvalue weighted by atomic mass is 10.1. The maximum atomic E-state index is 12.5. The van der Waals surface area contributed by atoms with Gasteiger partial charge in [0.15, 0.2) is 0 Å². The Hall–Kier alpha value is -1.85. The molecule has 0 atom stereocenters. The van der Waals surface area contributed by atoms with E-state index in [4.69, 9.17) is 11.6 Å². The fraction of sp³-hybridized carbons (Fsp3) is 0.263. The minimum absolute atomic E-state index is 0.0571. The van der Waals surface area contributed by atoms with Crippen LogP contribution >= 0.6 is 27.5 Å². The lowest BCUT2D eigenvalue weighted by Crippen LogP contribution is -2.28. The van der Waals surface area contributed by atoms with E-state index in [9.17, 15) is 9.59 Å². The number of likely N-dealkylation sites (tertiary alicyclic amines) is 1. The third kappa shape index (κ3) is 4.41. The zero-order chi connectivity index (χ0) is 17.8. The fourth-order valence-corrected chi connectivity index (χ4v) is 3.63. The van der Waals surface area contributed by atoms with Crippen molar-refractivity contribution in [1.29, 1.82) is 0 Å². The first-order valence-electron chi connectivity index (χ1n) is 8.16. The third-order valence-electron chi connectivity index (χ3n) is 4.20. The van der Waals surface area contributed by atoms with Gasteiger partial charge in [0, 0.05) is 29.7 Å². The molecule has 4 nitrogen and oxygen atoms in total. The normalized spacial score (nSPS) is 13.8. The van der Waals surface area contributed by atoms with E-state index >= 15 is 0 Å². The van der Waals surface area contributed by atoms with Crippen LogP contribution in [0.25, 0.3) is 0 Å². The molecular weight excluding hydrogens is 404 g/mol. The Morgan fingerprint density at radius 1 is 1.12 bits per heavy atom. The summed E-state index contributed by atoms with van der Waals surface area (Å²) in [5.74, 6) is -0.185. The molecule has 1 aliphatic rings. The highest BCUT2D eigenvalue weighted by molar-refractivity contribution is 9.10. The SMILES string of the molecule is O=C(NCc1cccc(C(=O)N2CCCC2)c1)c1ccc(Br)cc1Cl. The minimum Gasteiger partial charge on any atom is -0.348 e. The number of rotatable bonds is 4. The third-order valence-corrected chi connectivity index (χ3v) is 5.00. The van der Waals surface area contributed by atoms with Crippen molar-refractivity contribution >= 4 is 39.3 Å². The van der Waals surface area contributed by atoms with Gasteiger partial charge in [-0.3, -0.25) is 9.59 Å². The highest BCUT2D eigenvalue weighted by Gasteiger charge is 2.19. The van der Waals surface area contributed by atoms with Gasteiger partial charge in [0.25, 0.3) is 11.8 Å². The molecule has 0 radical (unpaired) electrons. The van der Waals surface area contributed by atoms with Crippen molar-refractivity contribution in [3.63, 3.8) is 0 Å². The van der Waals surface area contributed by atoms with Crippen LogP contribution in [-0.4, -0.2) is 29.8 Å². The Balaban J connectivity index is 1.66. The molecule has 1 heterocycles. The van der Waals surface area contributed by atoms with Crippen LogP contribution in [0.3, 0.4) is 0 Å². The Morgan fingerprint density at radius 2 is 1.88 bits per heavy atom. The summed E-state index contributed by atoms with van der Waals surface area (Å²) >= 11 is 9.42. The molecule has 2 aromatic rings. The fourth-order valence-electron chi connectivity index (χ4n) is 2.87. The summed E-state index contributed by atoms with van der Waals surface area (Å²) in [6.07, 6.45) is 2.13. The topological polar surface area (TPSA) is 49.4 Å². The number of carbonyl (C=O) groups excluding carboxylic acids is 2. The lowest BCUT2D eigenvalue weighted by Gasteiger charge is -2.15. The number of hydrogen-bond acceptors (Lipinski definition) is 2. The van der Waals surface area contributed by atoms with Crippen molar-refractivity contribution in [3.8, 4) is 0 Å². The molecule has 1 aliphatic heterocycles. The van der Waals surface area contributed by atoms with Crippen LogP contribution in [0, 0.1) is 0 Å². The highest BCUT2D eigenvalue weighted by Crippen LogP contribution is 2.21. The van der Waals surface area contributed by atoms with Gasteiger partial charge in [-0.25, -0.2) is 0 Å². The molecule has 1 fully saturated rings. The number of amides is 2. The summed E-state index contributed by atoms with van der Waals surface area (Å²) in [5.41, 5.74) is 1.97. The first-order chi connectivity index (χ1) is 12.0. The second-order valence-electron chi connectivity index (χ2n) is 6.01. The Bertz CT molecular complexity index is 804. The van der Waals surface area contributed by atoms with Gasteiger partial charge in [0.1, 0.15) is 0 Å².